The van der Waals surface area contributed by atoms with E-state index in [1.54, 1.807) is 6.92 Å². The molecular formula is C17H11N5O2. The fraction of sp³-hybridized carbons (Fsp3) is 0.0588. The smallest absolute Gasteiger partial charge is 0.281 e. The molecule has 0 aliphatic heterocycles. The maximum absolute atomic E-state index is 12.9. The van der Waals surface area contributed by atoms with Gasteiger partial charge < -0.3 is 4.52 Å². The molecule has 4 aromatic rings. The standard InChI is InChI=1S/C17H11N5O2/c1-10-14(12-8-19-24-9-12)17(23)22-16(20-10)15(13(7-18)21-22)11-5-3-2-4-6-11/h2-6,8-9,21H,1H3. The maximum Gasteiger partial charge on any atom is 0.281 e. The van der Waals surface area contributed by atoms with Crippen molar-refractivity contribution in [1.29, 1.82) is 5.26 Å². The van der Waals surface area contributed by atoms with Crippen LogP contribution in [-0.4, -0.2) is 19.8 Å². The van der Waals surface area contributed by atoms with Crippen LogP contribution in [0.15, 0.2) is 52.1 Å². The quantitative estimate of drug-likeness (QED) is 0.612. The van der Waals surface area contributed by atoms with E-state index in [0.29, 0.717) is 28.0 Å². The lowest BCUT2D eigenvalue weighted by Gasteiger charge is -2.04. The van der Waals surface area contributed by atoms with Crippen LogP contribution in [0.3, 0.4) is 0 Å². The lowest BCUT2D eigenvalue weighted by molar-refractivity contribution is 0.420. The van der Waals surface area contributed by atoms with Gasteiger partial charge in [-0.2, -0.15) is 9.78 Å². The van der Waals surface area contributed by atoms with Crippen molar-refractivity contribution in [1.82, 2.24) is 19.8 Å². The molecule has 0 spiro atoms. The van der Waals surface area contributed by atoms with E-state index >= 15 is 0 Å². The van der Waals surface area contributed by atoms with Gasteiger partial charge in [-0.05, 0) is 12.5 Å². The molecule has 0 unspecified atom stereocenters. The highest BCUT2D eigenvalue weighted by molar-refractivity contribution is 5.82. The molecule has 0 saturated heterocycles. The Morgan fingerprint density at radius 1 is 1.21 bits per heavy atom. The Kier molecular flexibility index (Phi) is 3.03. The van der Waals surface area contributed by atoms with E-state index in [1.807, 2.05) is 30.3 Å². The van der Waals surface area contributed by atoms with Crippen molar-refractivity contribution >= 4 is 5.65 Å². The highest BCUT2D eigenvalue weighted by Crippen LogP contribution is 2.28. The summed E-state index contributed by atoms with van der Waals surface area (Å²) >= 11 is 0. The number of fused-ring (bicyclic) bond motifs is 1. The number of nitrogens with zero attached hydrogens (tertiary/aromatic N) is 4. The zero-order chi connectivity index (χ0) is 16.7. The molecule has 7 heteroatoms. The van der Waals surface area contributed by atoms with Crippen molar-refractivity contribution in [3.8, 4) is 28.3 Å². The van der Waals surface area contributed by atoms with Crippen molar-refractivity contribution in [2.24, 2.45) is 0 Å². The largest absolute Gasteiger partial charge is 0.364 e. The van der Waals surface area contributed by atoms with Gasteiger partial charge in [0.15, 0.2) is 5.65 Å². The molecule has 0 bridgehead atoms. The van der Waals surface area contributed by atoms with Gasteiger partial charge in [0.05, 0.1) is 23.0 Å². The molecule has 4 rings (SSSR count). The zero-order valence-corrected chi connectivity index (χ0v) is 12.6. The lowest BCUT2D eigenvalue weighted by Crippen LogP contribution is -2.19. The SMILES string of the molecule is Cc1nc2c(-c3ccccc3)c(C#N)[nH]n2c(=O)c1-c1cnoc1. The first-order chi connectivity index (χ1) is 11.7. The van der Waals surface area contributed by atoms with Crippen LogP contribution in [0.4, 0.5) is 0 Å². The summed E-state index contributed by atoms with van der Waals surface area (Å²) in [6.07, 6.45) is 2.86. The van der Waals surface area contributed by atoms with Gasteiger partial charge in [-0.3, -0.25) is 9.89 Å². The molecule has 0 radical (unpaired) electrons. The van der Waals surface area contributed by atoms with Gasteiger partial charge in [0, 0.05) is 5.56 Å². The van der Waals surface area contributed by atoms with E-state index in [4.69, 9.17) is 4.52 Å². The van der Waals surface area contributed by atoms with E-state index in [9.17, 15) is 10.1 Å². The zero-order valence-electron chi connectivity index (χ0n) is 12.6. The van der Waals surface area contributed by atoms with Gasteiger partial charge in [-0.1, -0.05) is 35.5 Å². The number of benzene rings is 1. The third-order valence-corrected chi connectivity index (χ3v) is 3.86. The predicted molar refractivity (Wildman–Crippen MR) is 86.2 cm³/mol. The van der Waals surface area contributed by atoms with Gasteiger partial charge in [0.2, 0.25) is 0 Å². The van der Waals surface area contributed by atoms with Crippen molar-refractivity contribution in [2.45, 2.75) is 6.92 Å². The van der Waals surface area contributed by atoms with Gasteiger partial charge >= 0.3 is 0 Å². The Bertz CT molecular complexity index is 1130. The van der Waals surface area contributed by atoms with E-state index in [-0.39, 0.29) is 11.3 Å². The Morgan fingerprint density at radius 2 is 2.00 bits per heavy atom. The fourth-order valence-corrected chi connectivity index (χ4v) is 2.80. The highest BCUT2D eigenvalue weighted by atomic mass is 16.5. The van der Waals surface area contributed by atoms with Crippen molar-refractivity contribution in [2.75, 3.05) is 0 Å². The molecular weight excluding hydrogens is 306 g/mol. The van der Waals surface area contributed by atoms with Gasteiger partial charge in [0.1, 0.15) is 18.0 Å². The summed E-state index contributed by atoms with van der Waals surface area (Å²) in [6, 6.07) is 11.5. The molecule has 0 amide bonds. The second-order valence-corrected chi connectivity index (χ2v) is 5.29. The summed E-state index contributed by atoms with van der Waals surface area (Å²) in [5.41, 5.74) is 3.30. The lowest BCUT2D eigenvalue weighted by atomic mass is 10.1. The summed E-state index contributed by atoms with van der Waals surface area (Å²) in [7, 11) is 0. The molecule has 0 saturated carbocycles. The van der Waals surface area contributed by atoms with Gasteiger partial charge in [0.25, 0.3) is 5.56 Å². The van der Waals surface area contributed by atoms with Crippen LogP contribution < -0.4 is 5.56 Å². The van der Waals surface area contributed by atoms with Crippen molar-refractivity contribution in [3.63, 3.8) is 0 Å². The summed E-state index contributed by atoms with van der Waals surface area (Å²) in [6.45, 7) is 1.75. The molecule has 3 heterocycles. The van der Waals surface area contributed by atoms with Crippen LogP contribution in [-0.2, 0) is 0 Å². The minimum Gasteiger partial charge on any atom is -0.364 e. The molecule has 1 aromatic carbocycles. The number of H-pyrrole nitrogens is 1. The summed E-state index contributed by atoms with van der Waals surface area (Å²) in [5.74, 6) is 0. The number of rotatable bonds is 2. The van der Waals surface area contributed by atoms with Crippen LogP contribution in [0.5, 0.6) is 0 Å². The Morgan fingerprint density at radius 3 is 2.67 bits per heavy atom. The van der Waals surface area contributed by atoms with Crippen LogP contribution in [0.2, 0.25) is 0 Å². The summed E-state index contributed by atoms with van der Waals surface area (Å²) in [5, 5.41) is 15.9. The van der Waals surface area contributed by atoms with Crippen molar-refractivity contribution in [3.05, 3.63) is 64.5 Å². The number of nitrogens with one attached hydrogen (secondary N) is 1. The fourth-order valence-electron chi connectivity index (χ4n) is 2.80. The molecule has 1 N–H and O–H groups in total. The van der Waals surface area contributed by atoms with Crippen LogP contribution in [0.1, 0.15) is 11.4 Å². The number of nitriles is 1. The Balaban J connectivity index is 2.11. The average molecular weight is 317 g/mol. The van der Waals surface area contributed by atoms with E-state index in [2.05, 4.69) is 21.3 Å². The third kappa shape index (κ3) is 1.94. The first-order valence-electron chi connectivity index (χ1n) is 7.21. The number of aromatic nitrogens is 4. The molecule has 0 aliphatic rings. The molecule has 0 aliphatic carbocycles. The molecule has 0 atom stereocenters. The first kappa shape index (κ1) is 14.0. The summed E-state index contributed by atoms with van der Waals surface area (Å²) < 4.78 is 6.11. The second-order valence-electron chi connectivity index (χ2n) is 5.29. The van der Waals surface area contributed by atoms with Gasteiger partial charge in [-0.15, -0.1) is 0 Å². The van der Waals surface area contributed by atoms with Crippen LogP contribution >= 0.6 is 0 Å². The third-order valence-electron chi connectivity index (χ3n) is 3.86. The maximum atomic E-state index is 12.9. The topological polar surface area (TPSA) is 100.0 Å². The van der Waals surface area contributed by atoms with E-state index in [0.717, 1.165) is 5.56 Å². The minimum absolute atomic E-state index is 0.285. The second kappa shape index (κ2) is 5.21. The summed E-state index contributed by atoms with van der Waals surface area (Å²) in [4.78, 5) is 17.4. The van der Waals surface area contributed by atoms with Crippen molar-refractivity contribution < 1.29 is 4.52 Å². The molecule has 24 heavy (non-hydrogen) atoms. The van der Waals surface area contributed by atoms with E-state index in [1.165, 1.54) is 17.0 Å². The average Bonchev–Trinajstić information content (AvgIpc) is 3.23. The molecule has 0 fully saturated rings. The Labute approximate surface area is 135 Å². The molecule has 116 valence electrons. The van der Waals surface area contributed by atoms with Crippen LogP contribution in [0.25, 0.3) is 27.9 Å². The highest BCUT2D eigenvalue weighted by Gasteiger charge is 2.20. The molecule has 3 aromatic heterocycles. The number of hydrogen-bond acceptors (Lipinski definition) is 5. The number of hydrogen-bond donors (Lipinski definition) is 1. The number of aryl methyl sites for hydroxylation is 1. The normalized spacial score (nSPS) is 10.8. The molecule has 7 nitrogen and oxygen atoms in total. The first-order valence-corrected chi connectivity index (χ1v) is 7.21. The van der Waals surface area contributed by atoms with E-state index < -0.39 is 0 Å². The monoisotopic (exact) mass is 317 g/mol. The number of aromatic amines is 1. The minimum atomic E-state index is -0.306. The predicted octanol–water partition coefficient (Wildman–Crippen LogP) is 2.52. The van der Waals surface area contributed by atoms with Crippen LogP contribution in [0, 0.1) is 18.3 Å². The van der Waals surface area contributed by atoms with Gasteiger partial charge in [-0.25, -0.2) is 4.98 Å². The Hall–Kier alpha value is -3.66.